The van der Waals surface area contributed by atoms with Gasteiger partial charge in [-0.1, -0.05) is 30.3 Å². The highest BCUT2D eigenvalue weighted by Crippen LogP contribution is 2.26. The van der Waals surface area contributed by atoms with E-state index in [1.807, 2.05) is 30.3 Å². The summed E-state index contributed by atoms with van der Waals surface area (Å²) in [6.07, 6.45) is 1.03. The molecule has 0 heterocycles. The van der Waals surface area contributed by atoms with Crippen LogP contribution in [0.4, 0.5) is 11.4 Å². The molecule has 0 aliphatic carbocycles. The van der Waals surface area contributed by atoms with Gasteiger partial charge in [-0.05, 0) is 30.5 Å². The lowest BCUT2D eigenvalue weighted by molar-refractivity contribution is -0.384. The number of nitrogens with one attached hydrogen (secondary N) is 2. The maximum Gasteiger partial charge on any atom is 0.303 e. The predicted molar refractivity (Wildman–Crippen MR) is 101 cm³/mol. The highest BCUT2D eigenvalue weighted by molar-refractivity contribution is 5.95. The molecule has 3 N–H and O–H groups in total. The van der Waals surface area contributed by atoms with Crippen LogP contribution in [0.25, 0.3) is 0 Å². The SMILES string of the molecule is O=C(O)CCCCNC(=O)c1ccc(NCc2ccccc2)c([N+](=O)[O-])c1. The molecule has 1 amide bonds. The van der Waals surface area contributed by atoms with Gasteiger partial charge in [-0.2, -0.15) is 0 Å². The molecule has 2 aromatic rings. The summed E-state index contributed by atoms with van der Waals surface area (Å²) in [6, 6.07) is 13.7. The van der Waals surface area contributed by atoms with E-state index in [2.05, 4.69) is 10.6 Å². The van der Waals surface area contributed by atoms with Crippen molar-refractivity contribution in [2.24, 2.45) is 0 Å². The standard InChI is InChI=1S/C19H21N3O5/c23-18(24)8-4-5-11-20-19(25)15-9-10-16(17(12-15)22(26)27)21-13-14-6-2-1-3-7-14/h1-3,6-7,9-10,12,21H,4-5,8,11,13H2,(H,20,25)(H,23,24). The lowest BCUT2D eigenvalue weighted by Crippen LogP contribution is -2.24. The molecule has 0 spiro atoms. The van der Waals surface area contributed by atoms with Crippen molar-refractivity contribution in [2.75, 3.05) is 11.9 Å². The fraction of sp³-hybridized carbons (Fsp3) is 0.263. The number of nitro benzene ring substituents is 1. The van der Waals surface area contributed by atoms with Crippen molar-refractivity contribution in [2.45, 2.75) is 25.8 Å². The molecule has 2 rings (SSSR count). The number of unbranched alkanes of at least 4 members (excludes halogenated alkanes) is 1. The third kappa shape index (κ3) is 6.43. The van der Waals surface area contributed by atoms with Crippen molar-refractivity contribution in [1.29, 1.82) is 0 Å². The van der Waals surface area contributed by atoms with Crippen molar-refractivity contribution in [3.05, 3.63) is 69.8 Å². The van der Waals surface area contributed by atoms with E-state index in [9.17, 15) is 19.7 Å². The summed E-state index contributed by atoms with van der Waals surface area (Å²) in [6.45, 7) is 0.741. The van der Waals surface area contributed by atoms with E-state index in [4.69, 9.17) is 5.11 Å². The number of amides is 1. The van der Waals surface area contributed by atoms with Crippen LogP contribution in [0.5, 0.6) is 0 Å². The molecule has 27 heavy (non-hydrogen) atoms. The topological polar surface area (TPSA) is 122 Å². The van der Waals surface area contributed by atoms with Crippen LogP contribution in [0.1, 0.15) is 35.2 Å². The Morgan fingerprint density at radius 3 is 2.48 bits per heavy atom. The Labute approximate surface area is 156 Å². The zero-order valence-corrected chi connectivity index (χ0v) is 14.7. The Kier molecular flexibility index (Phi) is 7.30. The summed E-state index contributed by atoms with van der Waals surface area (Å²) in [5, 5.41) is 25.6. The van der Waals surface area contributed by atoms with E-state index < -0.39 is 16.8 Å². The van der Waals surface area contributed by atoms with E-state index in [-0.39, 0.29) is 17.7 Å². The minimum Gasteiger partial charge on any atom is -0.481 e. The zero-order valence-electron chi connectivity index (χ0n) is 14.7. The van der Waals surface area contributed by atoms with Crippen LogP contribution < -0.4 is 10.6 Å². The molecule has 0 saturated carbocycles. The van der Waals surface area contributed by atoms with Gasteiger partial charge in [0.2, 0.25) is 0 Å². The lowest BCUT2D eigenvalue weighted by Gasteiger charge is -2.09. The van der Waals surface area contributed by atoms with Gasteiger partial charge in [0, 0.05) is 31.1 Å². The van der Waals surface area contributed by atoms with Crippen molar-refractivity contribution in [3.63, 3.8) is 0 Å². The number of carbonyl (C=O) groups is 2. The quantitative estimate of drug-likeness (QED) is 0.335. The number of rotatable bonds is 10. The monoisotopic (exact) mass is 371 g/mol. The van der Waals surface area contributed by atoms with Gasteiger partial charge in [0.25, 0.3) is 11.6 Å². The second-order valence-corrected chi connectivity index (χ2v) is 5.93. The average molecular weight is 371 g/mol. The van der Waals surface area contributed by atoms with Gasteiger partial charge in [0.15, 0.2) is 0 Å². The molecule has 0 saturated heterocycles. The summed E-state index contributed by atoms with van der Waals surface area (Å²) < 4.78 is 0. The number of aliphatic carboxylic acids is 1. The number of nitro groups is 1. The molecule has 0 aliphatic heterocycles. The normalized spacial score (nSPS) is 10.2. The van der Waals surface area contributed by atoms with Crippen LogP contribution in [-0.2, 0) is 11.3 Å². The number of benzene rings is 2. The van der Waals surface area contributed by atoms with E-state index in [1.165, 1.54) is 18.2 Å². The van der Waals surface area contributed by atoms with Crippen LogP contribution >= 0.6 is 0 Å². The van der Waals surface area contributed by atoms with Gasteiger partial charge >= 0.3 is 5.97 Å². The van der Waals surface area contributed by atoms with E-state index >= 15 is 0 Å². The maximum absolute atomic E-state index is 12.1. The first-order valence-electron chi connectivity index (χ1n) is 8.53. The fourth-order valence-electron chi connectivity index (χ4n) is 2.47. The van der Waals surface area contributed by atoms with Crippen LogP contribution in [0.15, 0.2) is 48.5 Å². The predicted octanol–water partition coefficient (Wildman–Crippen LogP) is 3.19. The van der Waals surface area contributed by atoms with E-state index in [0.29, 0.717) is 31.6 Å². The number of carbonyl (C=O) groups excluding carboxylic acids is 1. The number of anilines is 1. The number of carboxylic acid groups (broad SMARTS) is 1. The molecule has 8 heteroatoms. The molecular formula is C19H21N3O5. The summed E-state index contributed by atoms with van der Waals surface area (Å²) in [4.78, 5) is 33.4. The highest BCUT2D eigenvalue weighted by Gasteiger charge is 2.17. The smallest absolute Gasteiger partial charge is 0.303 e. The van der Waals surface area contributed by atoms with Gasteiger partial charge in [-0.25, -0.2) is 0 Å². The fourth-order valence-corrected chi connectivity index (χ4v) is 2.47. The number of nitrogens with zero attached hydrogens (tertiary/aromatic N) is 1. The molecule has 8 nitrogen and oxygen atoms in total. The van der Waals surface area contributed by atoms with Gasteiger partial charge in [-0.15, -0.1) is 0 Å². The Morgan fingerprint density at radius 2 is 1.81 bits per heavy atom. The lowest BCUT2D eigenvalue weighted by atomic mass is 10.1. The average Bonchev–Trinajstić information content (AvgIpc) is 2.66. The number of hydrogen-bond acceptors (Lipinski definition) is 5. The van der Waals surface area contributed by atoms with E-state index in [1.54, 1.807) is 0 Å². The zero-order chi connectivity index (χ0) is 19.6. The van der Waals surface area contributed by atoms with Crippen LogP contribution in [0.2, 0.25) is 0 Å². The second kappa shape index (κ2) is 9.91. The van der Waals surface area contributed by atoms with E-state index in [0.717, 1.165) is 5.56 Å². The Hall–Kier alpha value is -3.42. The number of carboxylic acids is 1. The molecular weight excluding hydrogens is 350 g/mol. The van der Waals surface area contributed by atoms with Crippen molar-refractivity contribution in [1.82, 2.24) is 5.32 Å². The Balaban J connectivity index is 1.98. The minimum absolute atomic E-state index is 0.0448. The Bertz CT molecular complexity index is 808. The molecule has 0 fully saturated rings. The van der Waals surface area contributed by atoms with Gasteiger partial charge in [-0.3, -0.25) is 19.7 Å². The molecule has 0 unspecified atom stereocenters. The van der Waals surface area contributed by atoms with Crippen molar-refractivity contribution in [3.8, 4) is 0 Å². The minimum atomic E-state index is -0.879. The van der Waals surface area contributed by atoms with Crippen LogP contribution in [0.3, 0.4) is 0 Å². The maximum atomic E-state index is 12.1. The Morgan fingerprint density at radius 1 is 1.07 bits per heavy atom. The molecule has 0 atom stereocenters. The summed E-state index contributed by atoms with van der Waals surface area (Å²) in [5.74, 6) is -1.31. The molecule has 2 aromatic carbocycles. The van der Waals surface area contributed by atoms with Crippen molar-refractivity contribution < 1.29 is 19.6 Å². The molecule has 0 aromatic heterocycles. The highest BCUT2D eigenvalue weighted by atomic mass is 16.6. The van der Waals surface area contributed by atoms with Gasteiger partial charge < -0.3 is 15.7 Å². The molecule has 0 aliphatic rings. The first-order valence-corrected chi connectivity index (χ1v) is 8.53. The first-order chi connectivity index (χ1) is 13.0. The summed E-state index contributed by atoms with van der Waals surface area (Å²) in [7, 11) is 0. The largest absolute Gasteiger partial charge is 0.481 e. The molecule has 142 valence electrons. The third-order valence-electron chi connectivity index (χ3n) is 3.89. The summed E-state index contributed by atoms with van der Waals surface area (Å²) in [5.41, 5.74) is 1.33. The molecule has 0 bridgehead atoms. The van der Waals surface area contributed by atoms with Gasteiger partial charge in [0.05, 0.1) is 4.92 Å². The van der Waals surface area contributed by atoms with Gasteiger partial charge in [0.1, 0.15) is 5.69 Å². The third-order valence-corrected chi connectivity index (χ3v) is 3.89. The number of hydrogen-bond donors (Lipinski definition) is 3. The summed E-state index contributed by atoms with van der Waals surface area (Å²) >= 11 is 0. The van der Waals surface area contributed by atoms with Crippen LogP contribution in [0, 0.1) is 10.1 Å². The van der Waals surface area contributed by atoms with Crippen molar-refractivity contribution >= 4 is 23.3 Å². The first kappa shape index (κ1) is 19.9. The van der Waals surface area contributed by atoms with Crippen LogP contribution in [-0.4, -0.2) is 28.5 Å². The molecule has 0 radical (unpaired) electrons. The second-order valence-electron chi connectivity index (χ2n) is 5.93.